The van der Waals surface area contributed by atoms with Gasteiger partial charge in [-0.1, -0.05) is 38.4 Å². The Labute approximate surface area is 176 Å². The van der Waals surface area contributed by atoms with Gasteiger partial charge in [-0.25, -0.2) is 9.48 Å². The summed E-state index contributed by atoms with van der Waals surface area (Å²) < 4.78 is 12.5. The Kier molecular flexibility index (Phi) is 6.33. The summed E-state index contributed by atoms with van der Waals surface area (Å²) in [5.74, 6) is 1.64. The van der Waals surface area contributed by atoms with Gasteiger partial charge in [0.2, 0.25) is 0 Å². The van der Waals surface area contributed by atoms with Gasteiger partial charge in [0.1, 0.15) is 17.3 Å². The fourth-order valence-electron chi connectivity index (χ4n) is 2.83. The van der Waals surface area contributed by atoms with Gasteiger partial charge in [-0.3, -0.25) is 5.32 Å². The smallest absolute Gasteiger partial charge is 0.418 e. The molecule has 0 radical (unpaired) electrons. The molecule has 1 aromatic carbocycles. The van der Waals surface area contributed by atoms with E-state index in [4.69, 9.17) is 21.1 Å². The molecule has 1 aliphatic rings. The lowest BCUT2D eigenvalue weighted by Gasteiger charge is -2.14. The zero-order valence-corrected chi connectivity index (χ0v) is 17.9. The molecule has 3 rings (SSSR count). The van der Waals surface area contributed by atoms with Crippen LogP contribution in [0, 0.1) is 0 Å². The van der Waals surface area contributed by atoms with Gasteiger partial charge >= 0.3 is 6.09 Å². The molecule has 1 N–H and O–H groups in total. The standard InChI is InChI=1S/C22H26ClN3O3/c1-5-28-18-12-11-15(13-17(18)23)26-20(14-19(25-26)22(2,3)4)24-21(27)29-16-9-7-6-8-10-16/h7,9-14H,5-6,8H2,1-4H3,(H,24,27). The highest BCUT2D eigenvalue weighted by atomic mass is 35.5. The lowest BCUT2D eigenvalue weighted by atomic mass is 9.92. The highest BCUT2D eigenvalue weighted by Gasteiger charge is 2.22. The molecule has 1 amide bonds. The summed E-state index contributed by atoms with van der Waals surface area (Å²) in [6.07, 6.45) is 6.91. The highest BCUT2D eigenvalue weighted by molar-refractivity contribution is 6.32. The molecule has 154 valence electrons. The zero-order chi connectivity index (χ0) is 21.0. The van der Waals surface area contributed by atoms with E-state index >= 15 is 0 Å². The average molecular weight is 416 g/mol. The third-order valence-electron chi connectivity index (χ3n) is 4.34. The van der Waals surface area contributed by atoms with E-state index in [9.17, 15) is 4.79 Å². The lowest BCUT2D eigenvalue weighted by molar-refractivity contribution is 0.194. The van der Waals surface area contributed by atoms with E-state index in [-0.39, 0.29) is 5.41 Å². The van der Waals surface area contributed by atoms with Crippen LogP contribution in [0.4, 0.5) is 10.6 Å². The van der Waals surface area contributed by atoms with Crippen molar-refractivity contribution in [2.45, 2.75) is 46.0 Å². The van der Waals surface area contributed by atoms with Gasteiger partial charge in [-0.2, -0.15) is 5.10 Å². The fraction of sp³-hybridized carbons (Fsp3) is 0.364. The molecule has 0 unspecified atom stereocenters. The van der Waals surface area contributed by atoms with E-state index in [1.165, 1.54) is 0 Å². The van der Waals surface area contributed by atoms with E-state index < -0.39 is 6.09 Å². The van der Waals surface area contributed by atoms with Crippen LogP contribution in [0.3, 0.4) is 0 Å². The maximum atomic E-state index is 12.4. The summed E-state index contributed by atoms with van der Waals surface area (Å²) in [7, 11) is 0. The fourth-order valence-corrected chi connectivity index (χ4v) is 3.06. The Morgan fingerprint density at radius 3 is 2.69 bits per heavy atom. The minimum Gasteiger partial charge on any atom is -0.492 e. The third kappa shape index (κ3) is 5.21. The predicted octanol–water partition coefficient (Wildman–Crippen LogP) is 6.00. The van der Waals surface area contributed by atoms with E-state index in [1.807, 2.05) is 31.2 Å². The van der Waals surface area contributed by atoms with Crippen molar-refractivity contribution in [1.29, 1.82) is 0 Å². The van der Waals surface area contributed by atoms with Crippen LogP contribution in [0.15, 0.2) is 48.3 Å². The van der Waals surface area contributed by atoms with Crippen LogP contribution in [-0.2, 0) is 10.2 Å². The molecule has 6 nitrogen and oxygen atoms in total. The number of nitrogens with one attached hydrogen (secondary N) is 1. The number of rotatable bonds is 5. The van der Waals surface area contributed by atoms with Gasteiger partial charge in [0.25, 0.3) is 0 Å². The van der Waals surface area contributed by atoms with Crippen LogP contribution in [0.5, 0.6) is 5.75 Å². The molecule has 1 heterocycles. The summed E-state index contributed by atoms with van der Waals surface area (Å²) in [5.41, 5.74) is 1.34. The number of hydrogen-bond donors (Lipinski definition) is 1. The SMILES string of the molecule is CCOc1ccc(-n2nc(C(C)(C)C)cc2NC(=O)OC2=CCCC=C2)cc1Cl. The molecule has 0 aliphatic heterocycles. The number of anilines is 1. The first kappa shape index (κ1) is 21.0. The van der Waals surface area contributed by atoms with Crippen LogP contribution in [0.25, 0.3) is 5.69 Å². The van der Waals surface area contributed by atoms with E-state index in [2.05, 4.69) is 31.2 Å². The van der Waals surface area contributed by atoms with Gasteiger partial charge in [-0.15, -0.1) is 0 Å². The van der Waals surface area contributed by atoms with Crippen LogP contribution in [0.1, 0.15) is 46.2 Å². The monoisotopic (exact) mass is 415 g/mol. The van der Waals surface area contributed by atoms with Crippen LogP contribution in [-0.4, -0.2) is 22.5 Å². The predicted molar refractivity (Wildman–Crippen MR) is 115 cm³/mol. The number of allylic oxidation sites excluding steroid dienone is 3. The number of benzene rings is 1. The first-order valence-corrected chi connectivity index (χ1v) is 10.0. The number of ether oxygens (including phenoxy) is 2. The Bertz CT molecular complexity index is 955. The molecular formula is C22H26ClN3O3. The lowest BCUT2D eigenvalue weighted by Crippen LogP contribution is -2.16. The Hall–Kier alpha value is -2.73. The van der Waals surface area contributed by atoms with Crippen molar-refractivity contribution in [3.8, 4) is 11.4 Å². The molecule has 0 bridgehead atoms. The molecule has 0 fully saturated rings. The number of amides is 1. The maximum absolute atomic E-state index is 12.4. The molecule has 1 aromatic heterocycles. The van der Waals surface area contributed by atoms with Gasteiger partial charge in [0.05, 0.1) is 23.0 Å². The topological polar surface area (TPSA) is 65.4 Å². The summed E-state index contributed by atoms with van der Waals surface area (Å²) in [6, 6.07) is 7.24. The van der Waals surface area contributed by atoms with Crippen molar-refractivity contribution in [3.05, 3.63) is 59.0 Å². The number of carbonyl (C=O) groups is 1. The van der Waals surface area contributed by atoms with Gasteiger partial charge < -0.3 is 9.47 Å². The number of hydrogen-bond acceptors (Lipinski definition) is 4. The summed E-state index contributed by atoms with van der Waals surface area (Å²) in [4.78, 5) is 12.4. The molecule has 0 saturated carbocycles. The molecule has 7 heteroatoms. The Balaban J connectivity index is 1.91. The van der Waals surface area contributed by atoms with Crippen LogP contribution < -0.4 is 10.1 Å². The molecular weight excluding hydrogens is 390 g/mol. The molecule has 0 spiro atoms. The first-order chi connectivity index (χ1) is 13.8. The van der Waals surface area contributed by atoms with Crippen molar-refractivity contribution in [1.82, 2.24) is 9.78 Å². The largest absolute Gasteiger partial charge is 0.492 e. The number of halogens is 1. The minimum atomic E-state index is -0.568. The third-order valence-corrected chi connectivity index (χ3v) is 4.63. The van der Waals surface area contributed by atoms with Gasteiger partial charge in [0, 0.05) is 11.5 Å². The van der Waals surface area contributed by atoms with E-state index in [1.54, 1.807) is 22.9 Å². The first-order valence-electron chi connectivity index (χ1n) is 9.66. The number of carbonyl (C=O) groups excluding carboxylic acids is 1. The van der Waals surface area contributed by atoms with Crippen molar-refractivity contribution < 1.29 is 14.3 Å². The van der Waals surface area contributed by atoms with Crippen molar-refractivity contribution in [2.75, 3.05) is 11.9 Å². The van der Waals surface area contributed by atoms with Gasteiger partial charge in [0.15, 0.2) is 0 Å². The normalized spacial score (nSPS) is 13.8. The molecule has 0 atom stereocenters. The molecule has 2 aromatic rings. The highest BCUT2D eigenvalue weighted by Crippen LogP contribution is 2.31. The van der Waals surface area contributed by atoms with E-state index in [0.717, 1.165) is 18.5 Å². The quantitative estimate of drug-likeness (QED) is 0.649. The van der Waals surface area contributed by atoms with Crippen LogP contribution >= 0.6 is 11.6 Å². The molecule has 29 heavy (non-hydrogen) atoms. The van der Waals surface area contributed by atoms with Crippen molar-refractivity contribution in [2.24, 2.45) is 0 Å². The molecule has 0 saturated heterocycles. The Morgan fingerprint density at radius 2 is 2.07 bits per heavy atom. The summed E-state index contributed by atoms with van der Waals surface area (Å²) in [6.45, 7) is 8.61. The second-order valence-electron chi connectivity index (χ2n) is 7.73. The van der Waals surface area contributed by atoms with E-state index in [0.29, 0.717) is 34.6 Å². The zero-order valence-electron chi connectivity index (χ0n) is 17.2. The van der Waals surface area contributed by atoms with Gasteiger partial charge in [-0.05, 0) is 50.1 Å². The van der Waals surface area contributed by atoms with Crippen molar-refractivity contribution >= 4 is 23.5 Å². The second-order valence-corrected chi connectivity index (χ2v) is 8.13. The number of nitrogens with zero attached hydrogens (tertiary/aromatic N) is 2. The summed E-state index contributed by atoms with van der Waals surface area (Å²) in [5, 5.41) is 7.96. The second kappa shape index (κ2) is 8.74. The maximum Gasteiger partial charge on any atom is 0.418 e. The van der Waals surface area contributed by atoms with Crippen molar-refractivity contribution in [3.63, 3.8) is 0 Å². The number of aromatic nitrogens is 2. The van der Waals surface area contributed by atoms with Crippen LogP contribution in [0.2, 0.25) is 5.02 Å². The average Bonchev–Trinajstić information content (AvgIpc) is 3.08. The summed E-state index contributed by atoms with van der Waals surface area (Å²) >= 11 is 6.35. The Morgan fingerprint density at radius 1 is 1.28 bits per heavy atom. The molecule has 1 aliphatic carbocycles. The minimum absolute atomic E-state index is 0.199.